The van der Waals surface area contributed by atoms with E-state index in [0.29, 0.717) is 26.9 Å². The summed E-state index contributed by atoms with van der Waals surface area (Å²) in [6.07, 6.45) is -1.06. The predicted octanol–water partition coefficient (Wildman–Crippen LogP) is 4.81. The average Bonchev–Trinajstić information content (AvgIpc) is 3.15. The molecule has 136 valence electrons. The van der Waals surface area contributed by atoms with E-state index in [0.717, 1.165) is 0 Å². The fourth-order valence-electron chi connectivity index (χ4n) is 2.97. The summed E-state index contributed by atoms with van der Waals surface area (Å²) in [6, 6.07) is 11.9. The first-order valence-electron chi connectivity index (χ1n) is 7.99. The van der Waals surface area contributed by atoms with Crippen LogP contribution in [0.1, 0.15) is 27.8 Å². The van der Waals surface area contributed by atoms with Gasteiger partial charge in [-0.15, -0.1) is 0 Å². The molecule has 1 amide bonds. The molecule has 3 aromatic rings. The van der Waals surface area contributed by atoms with Crippen molar-refractivity contribution in [2.24, 2.45) is 0 Å². The van der Waals surface area contributed by atoms with E-state index in [4.69, 9.17) is 32.5 Å². The van der Waals surface area contributed by atoms with Crippen LogP contribution in [-0.2, 0) is 9.53 Å². The minimum absolute atomic E-state index is 0.0715. The zero-order valence-electron chi connectivity index (χ0n) is 14.0. The number of anilines is 1. The van der Waals surface area contributed by atoms with Gasteiger partial charge in [-0.1, -0.05) is 52.6 Å². The molecule has 6 nitrogen and oxygen atoms in total. The van der Waals surface area contributed by atoms with Crippen LogP contribution in [0.2, 0.25) is 10.0 Å². The van der Waals surface area contributed by atoms with Crippen molar-refractivity contribution in [3.05, 3.63) is 69.4 Å². The number of carbonyl (C=O) groups excluding carboxylic acids is 2. The summed E-state index contributed by atoms with van der Waals surface area (Å²) in [6.45, 7) is 1.57. The van der Waals surface area contributed by atoms with Gasteiger partial charge in [0.25, 0.3) is 5.91 Å². The van der Waals surface area contributed by atoms with Gasteiger partial charge < -0.3 is 14.6 Å². The molecule has 0 aliphatic carbocycles. The molecule has 0 fully saturated rings. The first kappa shape index (κ1) is 17.6. The number of nitrogens with one attached hydrogen (secondary N) is 1. The van der Waals surface area contributed by atoms with Crippen LogP contribution in [0.3, 0.4) is 0 Å². The molecule has 2 aromatic carbocycles. The minimum Gasteiger partial charge on any atom is -0.443 e. The zero-order chi connectivity index (χ0) is 19.1. The second-order valence-electron chi connectivity index (χ2n) is 5.92. The summed E-state index contributed by atoms with van der Waals surface area (Å²) < 4.78 is 10.7. The molecule has 0 unspecified atom stereocenters. The third-order valence-electron chi connectivity index (χ3n) is 4.23. The van der Waals surface area contributed by atoms with Crippen molar-refractivity contribution in [1.29, 1.82) is 0 Å². The number of hydrogen-bond donors (Lipinski definition) is 1. The van der Waals surface area contributed by atoms with Crippen LogP contribution >= 0.6 is 23.2 Å². The highest BCUT2D eigenvalue weighted by Gasteiger charge is 2.36. The molecule has 1 N–H and O–H groups in total. The van der Waals surface area contributed by atoms with E-state index in [2.05, 4.69) is 10.5 Å². The Morgan fingerprint density at radius 2 is 1.85 bits per heavy atom. The molecule has 0 spiro atoms. The second-order valence-corrected chi connectivity index (χ2v) is 6.74. The first-order valence-corrected chi connectivity index (χ1v) is 8.74. The number of fused-ring (bicyclic) bond motifs is 1. The van der Waals surface area contributed by atoms with Crippen LogP contribution in [0.4, 0.5) is 5.69 Å². The molecule has 4 rings (SSSR count). The summed E-state index contributed by atoms with van der Waals surface area (Å²) in [7, 11) is 0. The number of esters is 1. The van der Waals surface area contributed by atoms with Crippen LogP contribution in [0.15, 0.2) is 47.0 Å². The van der Waals surface area contributed by atoms with Gasteiger partial charge in [0.2, 0.25) is 6.10 Å². The van der Waals surface area contributed by atoms with Gasteiger partial charge in [0.15, 0.2) is 0 Å². The lowest BCUT2D eigenvalue weighted by Gasteiger charge is -2.11. The molecule has 1 aromatic heterocycles. The largest absolute Gasteiger partial charge is 0.443 e. The SMILES string of the molecule is Cc1onc(-c2c(Cl)cccc2Cl)c1C(=O)O[C@@H]1C(=O)Nc2ccccc21. The van der Waals surface area contributed by atoms with Crippen molar-refractivity contribution in [1.82, 2.24) is 5.16 Å². The highest BCUT2D eigenvalue weighted by atomic mass is 35.5. The fraction of sp³-hybridized carbons (Fsp3) is 0.105. The Morgan fingerprint density at radius 3 is 2.59 bits per heavy atom. The number of hydrogen-bond acceptors (Lipinski definition) is 5. The fourth-order valence-corrected chi connectivity index (χ4v) is 3.55. The second kappa shape index (κ2) is 6.72. The van der Waals surface area contributed by atoms with Crippen LogP contribution < -0.4 is 5.32 Å². The van der Waals surface area contributed by atoms with Gasteiger partial charge in [0, 0.05) is 16.8 Å². The lowest BCUT2D eigenvalue weighted by molar-refractivity contribution is -0.124. The van der Waals surface area contributed by atoms with Crippen molar-refractivity contribution in [2.75, 3.05) is 5.32 Å². The molecule has 1 aliphatic rings. The zero-order valence-corrected chi connectivity index (χ0v) is 15.5. The van der Waals surface area contributed by atoms with Crippen LogP contribution in [-0.4, -0.2) is 17.0 Å². The van der Waals surface area contributed by atoms with E-state index in [1.807, 2.05) is 0 Å². The monoisotopic (exact) mass is 402 g/mol. The Labute approximate surface area is 164 Å². The number of ether oxygens (including phenoxy) is 1. The molecule has 0 bridgehead atoms. The average molecular weight is 403 g/mol. The molecule has 1 aliphatic heterocycles. The standard InChI is InChI=1S/C19H12Cl2N2O4/c1-9-14(16(23-27-9)15-11(20)6-4-7-12(15)21)19(25)26-17-10-5-2-3-8-13(10)22-18(17)24/h2-8,17H,1H3,(H,22,24)/t17-/m0/s1. The number of para-hydroxylation sites is 1. The van der Waals surface area contributed by atoms with Gasteiger partial charge in [-0.3, -0.25) is 4.79 Å². The van der Waals surface area contributed by atoms with Gasteiger partial charge in [0.05, 0.1) is 10.0 Å². The number of aryl methyl sites for hydroxylation is 1. The highest BCUT2D eigenvalue weighted by Crippen LogP contribution is 2.38. The molecule has 0 saturated carbocycles. The Balaban J connectivity index is 1.72. The number of carbonyl (C=O) groups is 2. The van der Waals surface area contributed by atoms with Crippen molar-refractivity contribution >= 4 is 40.8 Å². The Morgan fingerprint density at radius 1 is 1.15 bits per heavy atom. The third kappa shape index (κ3) is 2.97. The molecular formula is C19H12Cl2N2O4. The van der Waals surface area contributed by atoms with Gasteiger partial charge >= 0.3 is 5.97 Å². The van der Waals surface area contributed by atoms with Crippen LogP contribution in [0.25, 0.3) is 11.3 Å². The quantitative estimate of drug-likeness (QED) is 0.635. The van der Waals surface area contributed by atoms with Gasteiger partial charge in [-0.05, 0) is 25.1 Å². The number of amides is 1. The maximum Gasteiger partial charge on any atom is 0.345 e. The van der Waals surface area contributed by atoms with Crippen molar-refractivity contribution in [3.63, 3.8) is 0 Å². The minimum atomic E-state index is -1.06. The van der Waals surface area contributed by atoms with E-state index in [-0.39, 0.29) is 17.0 Å². The summed E-state index contributed by atoms with van der Waals surface area (Å²) in [4.78, 5) is 25.1. The van der Waals surface area contributed by atoms with Gasteiger partial charge in [-0.2, -0.15) is 0 Å². The van der Waals surface area contributed by atoms with Crippen LogP contribution in [0.5, 0.6) is 0 Å². The Kier molecular flexibility index (Phi) is 4.37. The van der Waals surface area contributed by atoms with Gasteiger partial charge in [-0.25, -0.2) is 4.79 Å². The van der Waals surface area contributed by atoms with E-state index in [1.54, 1.807) is 49.4 Å². The highest BCUT2D eigenvalue weighted by molar-refractivity contribution is 6.39. The summed E-state index contributed by atoms with van der Waals surface area (Å²) in [5.41, 5.74) is 1.79. The third-order valence-corrected chi connectivity index (χ3v) is 4.86. The lowest BCUT2D eigenvalue weighted by Crippen LogP contribution is -2.19. The van der Waals surface area contributed by atoms with Gasteiger partial charge in [0.1, 0.15) is 17.0 Å². The van der Waals surface area contributed by atoms with Crippen molar-refractivity contribution in [3.8, 4) is 11.3 Å². The normalized spacial score (nSPS) is 15.4. The summed E-state index contributed by atoms with van der Waals surface area (Å²) in [5.74, 6) is -0.940. The number of benzene rings is 2. The molecule has 0 radical (unpaired) electrons. The topological polar surface area (TPSA) is 81.4 Å². The maximum atomic E-state index is 12.9. The molecular weight excluding hydrogens is 391 g/mol. The Bertz CT molecular complexity index is 1060. The molecule has 0 saturated heterocycles. The molecule has 1 atom stereocenters. The number of aromatic nitrogens is 1. The number of rotatable bonds is 3. The maximum absolute atomic E-state index is 12.9. The summed E-state index contributed by atoms with van der Waals surface area (Å²) in [5, 5.41) is 7.23. The molecule has 2 heterocycles. The van der Waals surface area contributed by atoms with Crippen molar-refractivity contribution < 1.29 is 18.8 Å². The summed E-state index contributed by atoms with van der Waals surface area (Å²) >= 11 is 12.5. The Hall–Kier alpha value is -2.83. The number of halogens is 2. The lowest BCUT2D eigenvalue weighted by atomic mass is 10.1. The van der Waals surface area contributed by atoms with E-state index in [1.165, 1.54) is 0 Å². The van der Waals surface area contributed by atoms with E-state index >= 15 is 0 Å². The van der Waals surface area contributed by atoms with E-state index < -0.39 is 18.0 Å². The number of nitrogens with zero attached hydrogens (tertiary/aromatic N) is 1. The first-order chi connectivity index (χ1) is 13.0. The van der Waals surface area contributed by atoms with Crippen molar-refractivity contribution in [2.45, 2.75) is 13.0 Å². The predicted molar refractivity (Wildman–Crippen MR) is 99.9 cm³/mol. The van der Waals surface area contributed by atoms with Crippen LogP contribution in [0, 0.1) is 6.92 Å². The molecule has 8 heteroatoms. The molecule has 27 heavy (non-hydrogen) atoms. The van der Waals surface area contributed by atoms with E-state index in [9.17, 15) is 9.59 Å². The smallest absolute Gasteiger partial charge is 0.345 e.